The van der Waals surface area contributed by atoms with Crippen molar-refractivity contribution in [2.45, 2.75) is 20.3 Å². The van der Waals surface area contributed by atoms with Gasteiger partial charge in [-0.2, -0.15) is 5.10 Å². The monoisotopic (exact) mass is 536 g/mol. The van der Waals surface area contributed by atoms with Crippen LogP contribution in [0, 0.1) is 11.7 Å². The maximum atomic E-state index is 14.3. The van der Waals surface area contributed by atoms with Crippen LogP contribution in [0.1, 0.15) is 20.3 Å². The lowest BCUT2D eigenvalue weighted by Gasteiger charge is -2.08. The van der Waals surface area contributed by atoms with Gasteiger partial charge in [-0.05, 0) is 41.8 Å². The molecule has 6 aromatic rings. The SMILES string of the molecule is COc1cc(F)cc(-c2ccnc3nc(-c4n[nH]c5cnc(-c6cncc(NC(=O)CC(C)C)c6)cc45)[nH]c23)c1. The average Bonchev–Trinajstić information content (AvgIpc) is 3.56. The number of aromatic nitrogens is 7. The van der Waals surface area contributed by atoms with Crippen molar-refractivity contribution in [3.63, 3.8) is 0 Å². The van der Waals surface area contributed by atoms with Gasteiger partial charge in [0.25, 0.3) is 0 Å². The van der Waals surface area contributed by atoms with Crippen LogP contribution in [0.5, 0.6) is 5.75 Å². The number of hydrogen-bond acceptors (Lipinski definition) is 7. The minimum absolute atomic E-state index is 0.0657. The molecule has 0 aliphatic heterocycles. The van der Waals surface area contributed by atoms with Crippen LogP contribution in [0.25, 0.3) is 56.0 Å². The van der Waals surface area contributed by atoms with Crippen molar-refractivity contribution in [2.24, 2.45) is 5.92 Å². The van der Waals surface area contributed by atoms with Crippen molar-refractivity contribution in [3.8, 4) is 39.7 Å². The van der Waals surface area contributed by atoms with Gasteiger partial charge in [0.2, 0.25) is 5.91 Å². The number of nitrogens with one attached hydrogen (secondary N) is 3. The van der Waals surface area contributed by atoms with Crippen molar-refractivity contribution in [2.75, 3.05) is 12.4 Å². The molecule has 3 N–H and O–H groups in total. The van der Waals surface area contributed by atoms with Crippen LogP contribution < -0.4 is 10.1 Å². The van der Waals surface area contributed by atoms with Gasteiger partial charge in [-0.3, -0.25) is 19.9 Å². The van der Waals surface area contributed by atoms with Crippen LogP contribution in [0.2, 0.25) is 0 Å². The molecule has 5 heterocycles. The maximum absolute atomic E-state index is 14.3. The zero-order valence-electron chi connectivity index (χ0n) is 22.0. The number of hydrogen-bond donors (Lipinski definition) is 3. The molecule has 0 fully saturated rings. The van der Waals surface area contributed by atoms with Gasteiger partial charge in [-0.25, -0.2) is 14.4 Å². The standard InChI is InChI=1S/C29H25FN8O2/c1-15(2)6-25(39)34-19-8-17(12-31-13-19)23-11-22-24(14-33-23)37-38-27(22)29-35-26-21(4-5-32-28(26)36-29)16-7-18(30)10-20(9-16)40-3/h4-5,7-15H,6H2,1-3H3,(H,34,39)(H,37,38)(H,32,35,36). The van der Waals surface area contributed by atoms with Crippen molar-refractivity contribution in [3.05, 3.63) is 67.0 Å². The van der Waals surface area contributed by atoms with E-state index < -0.39 is 5.82 Å². The number of benzene rings is 1. The molecule has 0 aliphatic carbocycles. The molecule has 0 unspecified atom stereocenters. The first-order valence-corrected chi connectivity index (χ1v) is 12.7. The first-order chi connectivity index (χ1) is 19.4. The van der Waals surface area contributed by atoms with Crippen LogP contribution in [-0.4, -0.2) is 48.1 Å². The molecule has 1 aromatic carbocycles. The molecule has 0 saturated carbocycles. The number of carbonyl (C=O) groups excluding carboxylic acids is 1. The molecule has 0 saturated heterocycles. The van der Waals surface area contributed by atoms with Crippen molar-refractivity contribution < 1.29 is 13.9 Å². The van der Waals surface area contributed by atoms with Gasteiger partial charge in [0, 0.05) is 41.4 Å². The van der Waals surface area contributed by atoms with Crippen LogP contribution in [0.3, 0.4) is 0 Å². The number of methoxy groups -OCH3 is 1. The van der Waals surface area contributed by atoms with Crippen molar-refractivity contribution in [1.29, 1.82) is 0 Å². The third kappa shape index (κ3) is 4.84. The minimum atomic E-state index is -0.407. The van der Waals surface area contributed by atoms with Crippen LogP contribution in [0.15, 0.2) is 61.2 Å². The van der Waals surface area contributed by atoms with E-state index in [0.717, 1.165) is 22.0 Å². The highest BCUT2D eigenvalue weighted by atomic mass is 19.1. The number of nitrogens with zero attached hydrogens (tertiary/aromatic N) is 5. The predicted octanol–water partition coefficient (Wildman–Crippen LogP) is 5.76. The van der Waals surface area contributed by atoms with E-state index in [0.29, 0.717) is 51.8 Å². The zero-order valence-corrected chi connectivity index (χ0v) is 22.0. The second-order valence-corrected chi connectivity index (χ2v) is 9.82. The van der Waals surface area contributed by atoms with Gasteiger partial charge in [0.1, 0.15) is 17.3 Å². The lowest BCUT2D eigenvalue weighted by Crippen LogP contribution is -2.13. The summed E-state index contributed by atoms with van der Waals surface area (Å²) in [5, 5.41) is 11.2. The molecule has 10 nitrogen and oxygen atoms in total. The Balaban J connectivity index is 1.38. The normalized spacial score (nSPS) is 11.4. The first-order valence-electron chi connectivity index (χ1n) is 12.7. The smallest absolute Gasteiger partial charge is 0.224 e. The van der Waals surface area contributed by atoms with E-state index in [1.165, 1.54) is 19.2 Å². The Kier molecular flexibility index (Phi) is 6.39. The molecule has 6 rings (SSSR count). The molecule has 0 aliphatic rings. The number of fused-ring (bicyclic) bond motifs is 2. The lowest BCUT2D eigenvalue weighted by molar-refractivity contribution is -0.116. The Morgan fingerprint density at radius 2 is 1.95 bits per heavy atom. The fourth-order valence-electron chi connectivity index (χ4n) is 4.59. The largest absolute Gasteiger partial charge is 0.497 e. The van der Waals surface area contributed by atoms with Crippen molar-refractivity contribution >= 4 is 33.7 Å². The summed E-state index contributed by atoms with van der Waals surface area (Å²) >= 11 is 0. The van der Waals surface area contributed by atoms with E-state index in [9.17, 15) is 9.18 Å². The lowest BCUT2D eigenvalue weighted by atomic mass is 10.1. The number of amides is 1. The Morgan fingerprint density at radius 3 is 2.77 bits per heavy atom. The van der Waals surface area contributed by atoms with Crippen LogP contribution in [0.4, 0.5) is 10.1 Å². The Labute approximate surface area is 228 Å². The van der Waals surface area contributed by atoms with Gasteiger partial charge < -0.3 is 15.0 Å². The summed E-state index contributed by atoms with van der Waals surface area (Å²) in [5.41, 5.74) is 5.76. The molecule has 0 bridgehead atoms. The average molecular weight is 537 g/mol. The molecule has 0 atom stereocenters. The van der Waals surface area contributed by atoms with E-state index >= 15 is 0 Å². The van der Waals surface area contributed by atoms with E-state index in [4.69, 9.17) is 4.74 Å². The summed E-state index contributed by atoms with van der Waals surface area (Å²) in [6.45, 7) is 3.99. The van der Waals surface area contributed by atoms with Crippen LogP contribution >= 0.6 is 0 Å². The summed E-state index contributed by atoms with van der Waals surface area (Å²) in [6.07, 6.45) is 7.04. The van der Waals surface area contributed by atoms with Gasteiger partial charge in [0.05, 0.1) is 41.9 Å². The molecular formula is C29H25FN8O2. The summed E-state index contributed by atoms with van der Waals surface area (Å²) in [7, 11) is 1.50. The molecule has 0 spiro atoms. The molecule has 11 heteroatoms. The topological polar surface area (TPSA) is 134 Å². The zero-order chi connectivity index (χ0) is 27.8. The highest BCUT2D eigenvalue weighted by molar-refractivity contribution is 5.97. The molecule has 200 valence electrons. The summed E-state index contributed by atoms with van der Waals surface area (Å²) in [6, 6.07) is 10.0. The Bertz CT molecular complexity index is 1880. The molecule has 1 amide bonds. The van der Waals surface area contributed by atoms with Gasteiger partial charge in [-0.15, -0.1) is 0 Å². The highest BCUT2D eigenvalue weighted by Crippen LogP contribution is 2.33. The third-order valence-corrected chi connectivity index (χ3v) is 6.39. The number of ether oxygens (including phenoxy) is 1. The Hall–Kier alpha value is -5.19. The van der Waals surface area contributed by atoms with Crippen molar-refractivity contribution in [1.82, 2.24) is 35.1 Å². The van der Waals surface area contributed by atoms with Gasteiger partial charge in [0.15, 0.2) is 11.5 Å². The fraction of sp³-hybridized carbons (Fsp3) is 0.172. The third-order valence-electron chi connectivity index (χ3n) is 6.39. The number of anilines is 1. The molecule has 40 heavy (non-hydrogen) atoms. The van der Waals surface area contributed by atoms with Gasteiger partial charge in [-0.1, -0.05) is 13.8 Å². The number of carbonyl (C=O) groups is 1. The Morgan fingerprint density at radius 1 is 1.07 bits per heavy atom. The second kappa shape index (κ2) is 10.2. The van der Waals surface area contributed by atoms with E-state index in [1.54, 1.807) is 36.9 Å². The number of imidazole rings is 1. The maximum Gasteiger partial charge on any atom is 0.224 e. The molecule has 5 aromatic heterocycles. The number of rotatable bonds is 7. The highest BCUT2D eigenvalue weighted by Gasteiger charge is 2.18. The molecule has 0 radical (unpaired) electrons. The van der Waals surface area contributed by atoms with E-state index in [2.05, 4.69) is 40.4 Å². The summed E-state index contributed by atoms with van der Waals surface area (Å²) in [5.74, 6) is 0.686. The number of aromatic amines is 2. The summed E-state index contributed by atoms with van der Waals surface area (Å²) in [4.78, 5) is 33.5. The minimum Gasteiger partial charge on any atom is -0.497 e. The number of H-pyrrole nitrogens is 2. The first kappa shape index (κ1) is 25.1. The quantitative estimate of drug-likeness (QED) is 0.236. The number of pyridine rings is 3. The fourth-order valence-corrected chi connectivity index (χ4v) is 4.59. The predicted molar refractivity (Wildman–Crippen MR) is 150 cm³/mol. The second-order valence-electron chi connectivity index (χ2n) is 9.82. The van der Waals surface area contributed by atoms with E-state index in [-0.39, 0.29) is 11.8 Å². The van der Waals surface area contributed by atoms with E-state index in [1.807, 2.05) is 26.0 Å². The molecular weight excluding hydrogens is 511 g/mol. The van der Waals surface area contributed by atoms with Gasteiger partial charge >= 0.3 is 0 Å². The summed E-state index contributed by atoms with van der Waals surface area (Å²) < 4.78 is 19.5. The number of halogens is 1. The van der Waals surface area contributed by atoms with Crippen LogP contribution in [-0.2, 0) is 4.79 Å².